The summed E-state index contributed by atoms with van der Waals surface area (Å²) in [5.74, 6) is 0. The van der Waals surface area contributed by atoms with Gasteiger partial charge in [0.1, 0.15) is 0 Å². The summed E-state index contributed by atoms with van der Waals surface area (Å²) in [6.45, 7) is 4.27. The van der Waals surface area contributed by atoms with Gasteiger partial charge >= 0.3 is 0 Å². The Morgan fingerprint density at radius 2 is 2.09 bits per heavy atom. The molecule has 0 aliphatic carbocycles. The third-order valence-corrected chi connectivity index (χ3v) is 1.85. The maximum absolute atomic E-state index is 4.08. The lowest BCUT2D eigenvalue weighted by Crippen LogP contribution is -2.34. The zero-order valence-corrected chi connectivity index (χ0v) is 7.96. The number of hydrogen-bond acceptors (Lipinski definition) is 3. The van der Waals surface area contributed by atoms with E-state index in [9.17, 15) is 0 Å². The van der Waals surface area contributed by atoms with Gasteiger partial charge < -0.3 is 5.32 Å². The first-order chi connectivity index (χ1) is 5.26. The maximum Gasteiger partial charge on any atom is 0.0832 e. The topological polar surface area (TPSA) is 36.8 Å². The van der Waals surface area contributed by atoms with Crippen LogP contribution in [0.2, 0.25) is 0 Å². The standard InChI is InChI=1S/C8H19N3/c1-5-6-8(9-3)7(2)11-10-4/h7-9H,5-6H2,1-4H3. The van der Waals surface area contributed by atoms with E-state index >= 15 is 0 Å². The molecule has 0 rings (SSSR count). The van der Waals surface area contributed by atoms with E-state index < -0.39 is 0 Å². The van der Waals surface area contributed by atoms with Gasteiger partial charge in [0, 0.05) is 13.1 Å². The van der Waals surface area contributed by atoms with Crippen molar-refractivity contribution in [2.24, 2.45) is 10.2 Å². The lowest BCUT2D eigenvalue weighted by atomic mass is 10.1. The van der Waals surface area contributed by atoms with Crippen molar-refractivity contribution in [1.29, 1.82) is 0 Å². The second kappa shape index (κ2) is 6.28. The molecule has 0 aliphatic heterocycles. The summed E-state index contributed by atoms with van der Waals surface area (Å²) in [5.41, 5.74) is 0. The molecule has 0 fully saturated rings. The van der Waals surface area contributed by atoms with Crippen molar-refractivity contribution in [1.82, 2.24) is 5.32 Å². The fraction of sp³-hybridized carbons (Fsp3) is 1.00. The quantitative estimate of drug-likeness (QED) is 0.607. The smallest absolute Gasteiger partial charge is 0.0832 e. The van der Waals surface area contributed by atoms with E-state index in [4.69, 9.17) is 0 Å². The SMILES string of the molecule is CCCC(NC)C(C)N=NC. The second-order valence-corrected chi connectivity index (χ2v) is 2.74. The highest BCUT2D eigenvalue weighted by Gasteiger charge is 2.12. The van der Waals surface area contributed by atoms with Gasteiger partial charge in [0.25, 0.3) is 0 Å². The van der Waals surface area contributed by atoms with Gasteiger partial charge in [-0.25, -0.2) is 0 Å². The van der Waals surface area contributed by atoms with Gasteiger partial charge in [-0.2, -0.15) is 10.2 Å². The molecule has 1 N–H and O–H groups in total. The summed E-state index contributed by atoms with van der Waals surface area (Å²) < 4.78 is 0. The second-order valence-electron chi connectivity index (χ2n) is 2.74. The number of rotatable bonds is 5. The third kappa shape index (κ3) is 4.09. The molecule has 11 heavy (non-hydrogen) atoms. The molecule has 0 aromatic heterocycles. The highest BCUT2D eigenvalue weighted by Crippen LogP contribution is 2.05. The Labute approximate surface area is 69.3 Å². The number of likely N-dealkylation sites (N-methyl/N-ethyl adjacent to an activating group) is 1. The predicted molar refractivity (Wildman–Crippen MR) is 48.0 cm³/mol. The van der Waals surface area contributed by atoms with E-state index in [1.165, 1.54) is 6.42 Å². The third-order valence-electron chi connectivity index (χ3n) is 1.85. The van der Waals surface area contributed by atoms with Crippen LogP contribution in [0.3, 0.4) is 0 Å². The molecule has 0 radical (unpaired) electrons. The highest BCUT2D eigenvalue weighted by atomic mass is 15.1. The van der Waals surface area contributed by atoms with Gasteiger partial charge in [-0.3, -0.25) is 0 Å². The Morgan fingerprint density at radius 1 is 1.45 bits per heavy atom. The lowest BCUT2D eigenvalue weighted by Gasteiger charge is -2.18. The van der Waals surface area contributed by atoms with Crippen molar-refractivity contribution in [2.45, 2.75) is 38.8 Å². The zero-order chi connectivity index (χ0) is 8.69. The van der Waals surface area contributed by atoms with E-state index in [1.807, 2.05) is 7.05 Å². The number of hydrogen-bond donors (Lipinski definition) is 1. The van der Waals surface area contributed by atoms with E-state index in [0.717, 1.165) is 6.42 Å². The molecule has 2 unspecified atom stereocenters. The molecule has 0 aromatic rings. The molecule has 3 heteroatoms. The Bertz CT molecular complexity index is 112. The minimum absolute atomic E-state index is 0.296. The molecule has 0 amide bonds. The first-order valence-electron chi connectivity index (χ1n) is 4.22. The van der Waals surface area contributed by atoms with Crippen LogP contribution in [0.15, 0.2) is 10.2 Å². The lowest BCUT2D eigenvalue weighted by molar-refractivity contribution is 0.439. The number of nitrogens with one attached hydrogen (secondary N) is 1. The Kier molecular flexibility index (Phi) is 6.03. The molecule has 0 saturated heterocycles. The van der Waals surface area contributed by atoms with Crippen LogP contribution in [0.4, 0.5) is 0 Å². The molecular formula is C8H19N3. The summed E-state index contributed by atoms with van der Waals surface area (Å²) in [5, 5.41) is 11.1. The molecule has 3 nitrogen and oxygen atoms in total. The van der Waals surface area contributed by atoms with Crippen molar-refractivity contribution in [2.75, 3.05) is 14.1 Å². The van der Waals surface area contributed by atoms with Gasteiger partial charge in [0.05, 0.1) is 6.04 Å². The van der Waals surface area contributed by atoms with Crippen molar-refractivity contribution in [3.8, 4) is 0 Å². The highest BCUT2D eigenvalue weighted by molar-refractivity contribution is 4.75. The molecule has 0 aromatic carbocycles. The molecule has 66 valence electrons. The Balaban J connectivity index is 3.80. The van der Waals surface area contributed by atoms with E-state index in [1.54, 1.807) is 7.05 Å². The average Bonchev–Trinajstić information content (AvgIpc) is 2.00. The molecule has 0 spiro atoms. The molecule has 0 saturated carbocycles. The van der Waals surface area contributed by atoms with Crippen molar-refractivity contribution >= 4 is 0 Å². The normalized spacial score (nSPS) is 17.1. The van der Waals surface area contributed by atoms with E-state index in [0.29, 0.717) is 12.1 Å². The van der Waals surface area contributed by atoms with Gasteiger partial charge in [-0.15, -0.1) is 0 Å². The molecule has 2 atom stereocenters. The van der Waals surface area contributed by atoms with Crippen LogP contribution >= 0.6 is 0 Å². The summed E-state index contributed by atoms with van der Waals surface area (Å²) in [7, 11) is 3.69. The first kappa shape index (κ1) is 10.6. The molecule has 0 aliphatic rings. The van der Waals surface area contributed by atoms with Crippen LogP contribution in [0.25, 0.3) is 0 Å². The largest absolute Gasteiger partial charge is 0.315 e. The van der Waals surface area contributed by atoms with Gasteiger partial charge in [-0.1, -0.05) is 13.3 Å². The number of nitrogens with zero attached hydrogens (tertiary/aromatic N) is 2. The minimum Gasteiger partial charge on any atom is -0.315 e. The summed E-state index contributed by atoms with van der Waals surface area (Å²) >= 11 is 0. The van der Waals surface area contributed by atoms with Gasteiger partial charge in [0.15, 0.2) is 0 Å². The first-order valence-corrected chi connectivity index (χ1v) is 4.22. The van der Waals surface area contributed by atoms with E-state index in [2.05, 4.69) is 29.4 Å². The Hall–Kier alpha value is -0.440. The number of azo groups is 1. The van der Waals surface area contributed by atoms with Crippen LogP contribution < -0.4 is 5.32 Å². The average molecular weight is 157 g/mol. The van der Waals surface area contributed by atoms with Crippen molar-refractivity contribution in [3.63, 3.8) is 0 Å². The monoisotopic (exact) mass is 157 g/mol. The summed E-state index contributed by atoms with van der Waals surface area (Å²) in [4.78, 5) is 0. The predicted octanol–water partition coefficient (Wildman–Crippen LogP) is 1.84. The van der Waals surface area contributed by atoms with Crippen molar-refractivity contribution in [3.05, 3.63) is 0 Å². The zero-order valence-electron chi connectivity index (χ0n) is 7.96. The summed E-state index contributed by atoms with van der Waals surface area (Å²) in [6.07, 6.45) is 2.35. The molecule has 0 bridgehead atoms. The van der Waals surface area contributed by atoms with Crippen LogP contribution in [0.5, 0.6) is 0 Å². The fourth-order valence-electron chi connectivity index (χ4n) is 1.20. The maximum atomic E-state index is 4.08. The van der Waals surface area contributed by atoms with Crippen LogP contribution in [-0.2, 0) is 0 Å². The Morgan fingerprint density at radius 3 is 2.45 bits per heavy atom. The molecular weight excluding hydrogens is 138 g/mol. The van der Waals surface area contributed by atoms with Gasteiger partial charge in [-0.05, 0) is 20.4 Å². The molecule has 0 heterocycles. The van der Waals surface area contributed by atoms with Crippen LogP contribution in [0.1, 0.15) is 26.7 Å². The van der Waals surface area contributed by atoms with E-state index in [-0.39, 0.29) is 0 Å². The van der Waals surface area contributed by atoms with Crippen molar-refractivity contribution < 1.29 is 0 Å². The minimum atomic E-state index is 0.296. The van der Waals surface area contributed by atoms with Crippen LogP contribution in [0, 0.1) is 0 Å². The van der Waals surface area contributed by atoms with Crippen LogP contribution in [-0.4, -0.2) is 26.2 Å². The van der Waals surface area contributed by atoms with Gasteiger partial charge in [0.2, 0.25) is 0 Å². The summed E-state index contributed by atoms with van der Waals surface area (Å²) in [6, 6.07) is 0.772. The fourth-order valence-corrected chi connectivity index (χ4v) is 1.20.